The average Bonchev–Trinajstić information content (AvgIpc) is 2.92. The van der Waals surface area contributed by atoms with Gasteiger partial charge >= 0.3 is 11.9 Å². The Morgan fingerprint density at radius 3 is 2.62 bits per heavy atom. The number of ether oxygens (including phenoxy) is 2. The summed E-state index contributed by atoms with van der Waals surface area (Å²) in [6.07, 6.45) is 1.10. The zero-order chi connectivity index (χ0) is 17.8. The largest absolute Gasteiger partial charge is 0.462 e. The maximum atomic E-state index is 12.8. The van der Waals surface area contributed by atoms with Gasteiger partial charge in [0, 0.05) is 17.9 Å². The Balaban J connectivity index is 2.08. The second-order valence-corrected chi connectivity index (χ2v) is 8.01. The summed E-state index contributed by atoms with van der Waals surface area (Å²) in [4.78, 5) is 37.2. The molecular formula is C19H26O5. The minimum Gasteiger partial charge on any atom is -0.462 e. The maximum absolute atomic E-state index is 12.8. The molecule has 0 aromatic carbocycles. The Hall–Kier alpha value is -1.65. The van der Waals surface area contributed by atoms with Gasteiger partial charge in [-0.05, 0) is 38.5 Å². The van der Waals surface area contributed by atoms with E-state index in [1.807, 2.05) is 13.8 Å². The van der Waals surface area contributed by atoms with E-state index >= 15 is 0 Å². The third kappa shape index (κ3) is 2.32. The smallest absolute Gasteiger partial charge is 0.333 e. The molecule has 3 fully saturated rings. The molecule has 1 heterocycles. The van der Waals surface area contributed by atoms with Crippen molar-refractivity contribution in [3.8, 4) is 0 Å². The standard InChI is InChI=1S/C19H26O5/c1-9(2)17(21)24-16-15-11(4)18(22)23-13(15)8-10(3)12-6-7-14(20)19(12,16)5/h10-13,15-16H,1,6-8H2,2-5H3/t10-,11+,12+,13-,15-,16+,19+/m1/s1. The molecule has 1 aliphatic heterocycles. The van der Waals surface area contributed by atoms with E-state index in [0.29, 0.717) is 12.0 Å². The number of carbonyl (C=O) groups excluding carboxylic acids is 3. The molecule has 5 heteroatoms. The van der Waals surface area contributed by atoms with Crippen molar-refractivity contribution in [1.29, 1.82) is 0 Å². The van der Waals surface area contributed by atoms with E-state index in [-0.39, 0.29) is 41.5 Å². The maximum Gasteiger partial charge on any atom is 0.333 e. The predicted octanol–water partition coefficient (Wildman–Crippen LogP) is 2.68. The van der Waals surface area contributed by atoms with Crippen molar-refractivity contribution >= 4 is 17.7 Å². The summed E-state index contributed by atoms with van der Waals surface area (Å²) in [5, 5.41) is 0. The highest BCUT2D eigenvalue weighted by atomic mass is 16.6. The third-order valence-electron chi connectivity index (χ3n) is 6.51. The molecule has 0 spiro atoms. The molecule has 0 radical (unpaired) electrons. The van der Waals surface area contributed by atoms with Gasteiger partial charge in [0.15, 0.2) is 0 Å². The first-order valence-corrected chi connectivity index (χ1v) is 8.78. The van der Waals surface area contributed by atoms with Crippen LogP contribution < -0.4 is 0 Å². The third-order valence-corrected chi connectivity index (χ3v) is 6.51. The highest BCUT2D eigenvalue weighted by molar-refractivity contribution is 5.90. The van der Waals surface area contributed by atoms with Crippen LogP contribution in [0, 0.1) is 29.1 Å². The monoisotopic (exact) mass is 334 g/mol. The Kier molecular flexibility index (Phi) is 4.09. The van der Waals surface area contributed by atoms with Gasteiger partial charge in [0.05, 0.1) is 11.3 Å². The van der Waals surface area contributed by atoms with Gasteiger partial charge in [-0.25, -0.2) is 4.79 Å². The summed E-state index contributed by atoms with van der Waals surface area (Å²) in [5.41, 5.74) is -0.459. The van der Waals surface area contributed by atoms with Crippen LogP contribution in [0.3, 0.4) is 0 Å². The number of carbonyl (C=O) groups is 3. The predicted molar refractivity (Wildman–Crippen MR) is 86.8 cm³/mol. The minimum atomic E-state index is -0.758. The second-order valence-electron chi connectivity index (χ2n) is 8.01. The van der Waals surface area contributed by atoms with E-state index in [9.17, 15) is 14.4 Å². The van der Waals surface area contributed by atoms with E-state index < -0.39 is 17.5 Å². The number of esters is 2. The second kappa shape index (κ2) is 5.71. The molecule has 3 rings (SSSR count). The Labute approximate surface area is 142 Å². The Bertz CT molecular complexity index is 609. The summed E-state index contributed by atoms with van der Waals surface area (Å²) in [6, 6.07) is 0. The van der Waals surface area contributed by atoms with Crippen molar-refractivity contribution in [2.24, 2.45) is 29.1 Å². The molecule has 0 aromatic heterocycles. The van der Waals surface area contributed by atoms with E-state index in [1.165, 1.54) is 0 Å². The molecule has 0 aromatic rings. The van der Waals surface area contributed by atoms with E-state index in [4.69, 9.17) is 9.47 Å². The molecule has 0 amide bonds. The summed E-state index contributed by atoms with van der Waals surface area (Å²) in [7, 11) is 0. The summed E-state index contributed by atoms with van der Waals surface area (Å²) in [6.45, 7) is 11.1. The molecule has 0 N–H and O–H groups in total. The fourth-order valence-corrected chi connectivity index (χ4v) is 5.13. The number of fused-ring (bicyclic) bond motifs is 2. The van der Waals surface area contributed by atoms with E-state index in [0.717, 1.165) is 12.8 Å². The SMILES string of the molecule is C=C(C)C(=O)O[C@H]1[C@@H]2[C@H](C)C(=O)O[C@@H]2C[C@@H](C)[C@@H]2CCC(=O)[C@]21C. The summed E-state index contributed by atoms with van der Waals surface area (Å²) in [5.74, 6) is -0.911. The zero-order valence-electron chi connectivity index (χ0n) is 14.8. The molecule has 2 saturated carbocycles. The zero-order valence-corrected chi connectivity index (χ0v) is 14.8. The highest BCUT2D eigenvalue weighted by Crippen LogP contribution is 2.56. The van der Waals surface area contributed by atoms with E-state index in [2.05, 4.69) is 13.5 Å². The van der Waals surface area contributed by atoms with Crippen molar-refractivity contribution in [2.45, 2.75) is 59.2 Å². The van der Waals surface area contributed by atoms with Crippen molar-refractivity contribution in [2.75, 3.05) is 0 Å². The molecule has 1 saturated heterocycles. The molecule has 0 unspecified atom stereocenters. The van der Waals surface area contributed by atoms with Crippen LogP contribution in [0.2, 0.25) is 0 Å². The number of hydrogen-bond donors (Lipinski definition) is 0. The van der Waals surface area contributed by atoms with Crippen LogP contribution in [-0.2, 0) is 23.9 Å². The molecule has 24 heavy (non-hydrogen) atoms. The van der Waals surface area contributed by atoms with Crippen molar-refractivity contribution < 1.29 is 23.9 Å². The van der Waals surface area contributed by atoms with Crippen LogP contribution in [0.25, 0.3) is 0 Å². The summed E-state index contributed by atoms with van der Waals surface area (Å²) < 4.78 is 11.4. The lowest BCUT2D eigenvalue weighted by Crippen LogP contribution is -2.50. The lowest BCUT2D eigenvalue weighted by Gasteiger charge is -2.40. The number of ketones is 1. The first-order valence-electron chi connectivity index (χ1n) is 8.78. The number of Topliss-reactive ketones (excluding diaryl/α,β-unsaturated/α-hetero) is 1. The van der Waals surface area contributed by atoms with Crippen LogP contribution >= 0.6 is 0 Å². The molecule has 7 atom stereocenters. The highest BCUT2D eigenvalue weighted by Gasteiger charge is 2.63. The molecule has 3 aliphatic rings. The first kappa shape index (κ1) is 17.2. The number of rotatable bonds is 2. The lowest BCUT2D eigenvalue weighted by atomic mass is 9.67. The molecule has 0 bridgehead atoms. The molecular weight excluding hydrogens is 308 g/mol. The van der Waals surface area contributed by atoms with Gasteiger partial charge in [0.25, 0.3) is 0 Å². The van der Waals surface area contributed by atoms with Gasteiger partial charge in [-0.15, -0.1) is 0 Å². The number of hydrogen-bond acceptors (Lipinski definition) is 5. The van der Waals surface area contributed by atoms with Gasteiger partial charge in [-0.1, -0.05) is 20.4 Å². The van der Waals surface area contributed by atoms with Crippen molar-refractivity contribution in [3.63, 3.8) is 0 Å². The summed E-state index contributed by atoms with van der Waals surface area (Å²) >= 11 is 0. The first-order chi connectivity index (χ1) is 11.2. The van der Waals surface area contributed by atoms with Gasteiger partial charge in [0.1, 0.15) is 18.0 Å². The quantitative estimate of drug-likeness (QED) is 0.573. The van der Waals surface area contributed by atoms with Crippen molar-refractivity contribution in [1.82, 2.24) is 0 Å². The van der Waals surface area contributed by atoms with Crippen LogP contribution in [0.15, 0.2) is 12.2 Å². The van der Waals surface area contributed by atoms with Crippen LogP contribution in [0.4, 0.5) is 0 Å². The lowest BCUT2D eigenvalue weighted by molar-refractivity contribution is -0.164. The molecule has 5 nitrogen and oxygen atoms in total. The van der Waals surface area contributed by atoms with E-state index in [1.54, 1.807) is 6.92 Å². The Morgan fingerprint density at radius 1 is 1.33 bits per heavy atom. The Morgan fingerprint density at radius 2 is 2.00 bits per heavy atom. The van der Waals surface area contributed by atoms with Crippen LogP contribution in [0.1, 0.15) is 47.0 Å². The van der Waals surface area contributed by atoms with Crippen LogP contribution in [0.5, 0.6) is 0 Å². The van der Waals surface area contributed by atoms with Gasteiger partial charge in [-0.3, -0.25) is 9.59 Å². The fraction of sp³-hybridized carbons (Fsp3) is 0.737. The normalized spacial score (nSPS) is 44.3. The minimum absolute atomic E-state index is 0.131. The van der Waals surface area contributed by atoms with Gasteiger partial charge in [-0.2, -0.15) is 0 Å². The van der Waals surface area contributed by atoms with Gasteiger partial charge < -0.3 is 9.47 Å². The van der Waals surface area contributed by atoms with Crippen molar-refractivity contribution in [3.05, 3.63) is 12.2 Å². The molecule has 2 aliphatic carbocycles. The van der Waals surface area contributed by atoms with Gasteiger partial charge in [0.2, 0.25) is 0 Å². The fourth-order valence-electron chi connectivity index (χ4n) is 5.13. The van der Waals surface area contributed by atoms with Crippen LogP contribution in [-0.4, -0.2) is 29.9 Å². The molecule has 132 valence electrons. The average molecular weight is 334 g/mol. The topological polar surface area (TPSA) is 69.7 Å².